The Kier molecular flexibility index (Phi) is 4.73. The van der Waals surface area contributed by atoms with Gasteiger partial charge in [0.1, 0.15) is 5.82 Å². The van der Waals surface area contributed by atoms with Crippen molar-refractivity contribution >= 4 is 12.0 Å². The van der Waals surface area contributed by atoms with Gasteiger partial charge in [-0.2, -0.15) is 5.10 Å². The SMILES string of the molecule is Cc1nc(CN(C)C(=O)NCC2CCC(C(=O)O)O2)n[nH]1. The summed E-state index contributed by atoms with van der Waals surface area (Å²) < 4.78 is 5.31. The number of hydrogen-bond donors (Lipinski definition) is 3. The summed E-state index contributed by atoms with van der Waals surface area (Å²) in [6, 6.07) is -0.278. The molecule has 0 aromatic carbocycles. The van der Waals surface area contributed by atoms with Crippen LogP contribution in [-0.4, -0.2) is 63.0 Å². The van der Waals surface area contributed by atoms with Crippen LogP contribution in [0.3, 0.4) is 0 Å². The highest BCUT2D eigenvalue weighted by molar-refractivity contribution is 5.74. The number of carboxylic acids is 1. The first-order valence-electron chi connectivity index (χ1n) is 6.71. The predicted molar refractivity (Wildman–Crippen MR) is 71.5 cm³/mol. The van der Waals surface area contributed by atoms with Crippen LogP contribution in [0.25, 0.3) is 0 Å². The molecule has 0 spiro atoms. The predicted octanol–water partition coefficient (Wildman–Crippen LogP) is -0.113. The second kappa shape index (κ2) is 6.53. The zero-order valence-corrected chi connectivity index (χ0v) is 12.0. The Hall–Kier alpha value is -2.16. The molecule has 2 heterocycles. The molecule has 1 aromatic rings. The summed E-state index contributed by atoms with van der Waals surface area (Å²) in [5.74, 6) is 0.270. The number of carboxylic acid groups (broad SMARTS) is 1. The molecule has 2 atom stereocenters. The molecule has 116 valence electrons. The number of rotatable bonds is 5. The van der Waals surface area contributed by atoms with Crippen LogP contribution in [0, 0.1) is 6.92 Å². The number of ether oxygens (including phenoxy) is 1. The van der Waals surface area contributed by atoms with Gasteiger partial charge in [-0.15, -0.1) is 0 Å². The van der Waals surface area contributed by atoms with Gasteiger partial charge in [0.05, 0.1) is 12.6 Å². The maximum Gasteiger partial charge on any atom is 0.332 e. The number of H-pyrrole nitrogens is 1. The second-order valence-electron chi connectivity index (χ2n) is 5.04. The Bertz CT molecular complexity index is 518. The van der Waals surface area contributed by atoms with Crippen LogP contribution in [0.1, 0.15) is 24.5 Å². The van der Waals surface area contributed by atoms with E-state index in [2.05, 4.69) is 20.5 Å². The van der Waals surface area contributed by atoms with E-state index in [9.17, 15) is 9.59 Å². The van der Waals surface area contributed by atoms with E-state index in [1.165, 1.54) is 4.90 Å². The van der Waals surface area contributed by atoms with Crippen LogP contribution in [0.15, 0.2) is 0 Å². The average Bonchev–Trinajstić information content (AvgIpc) is 3.05. The maximum atomic E-state index is 11.9. The van der Waals surface area contributed by atoms with Crippen molar-refractivity contribution < 1.29 is 19.4 Å². The third-order valence-corrected chi connectivity index (χ3v) is 3.23. The van der Waals surface area contributed by atoms with Crippen molar-refractivity contribution in [2.75, 3.05) is 13.6 Å². The second-order valence-corrected chi connectivity index (χ2v) is 5.04. The van der Waals surface area contributed by atoms with Crippen LogP contribution in [0.2, 0.25) is 0 Å². The van der Waals surface area contributed by atoms with Gasteiger partial charge in [-0.3, -0.25) is 5.10 Å². The van der Waals surface area contributed by atoms with Gasteiger partial charge in [-0.25, -0.2) is 14.6 Å². The minimum absolute atomic E-state index is 0.255. The number of carbonyl (C=O) groups is 2. The van der Waals surface area contributed by atoms with E-state index >= 15 is 0 Å². The van der Waals surface area contributed by atoms with Crippen molar-refractivity contribution in [2.45, 2.75) is 38.5 Å². The molecular weight excluding hydrogens is 278 g/mol. The van der Waals surface area contributed by atoms with Gasteiger partial charge in [0.2, 0.25) is 0 Å². The van der Waals surface area contributed by atoms with Gasteiger partial charge < -0.3 is 20.1 Å². The Morgan fingerprint density at radius 1 is 1.52 bits per heavy atom. The first-order chi connectivity index (χ1) is 9.95. The van der Waals surface area contributed by atoms with Crippen LogP contribution < -0.4 is 5.32 Å². The Balaban J connectivity index is 1.73. The van der Waals surface area contributed by atoms with Crippen molar-refractivity contribution in [3.05, 3.63) is 11.6 Å². The molecule has 0 aliphatic carbocycles. The molecule has 9 heteroatoms. The minimum atomic E-state index is -0.957. The fraction of sp³-hybridized carbons (Fsp3) is 0.667. The number of amides is 2. The molecule has 0 saturated carbocycles. The lowest BCUT2D eigenvalue weighted by molar-refractivity contribution is -0.149. The number of nitrogens with zero attached hydrogens (tertiary/aromatic N) is 3. The fourth-order valence-electron chi connectivity index (χ4n) is 2.12. The standard InChI is InChI=1S/C12H19N5O4/c1-7-14-10(16-15-7)6-17(2)12(20)13-5-8-3-4-9(21-8)11(18)19/h8-9H,3-6H2,1-2H3,(H,13,20)(H,18,19)(H,14,15,16). The van der Waals surface area contributed by atoms with E-state index in [-0.39, 0.29) is 12.1 Å². The van der Waals surface area contributed by atoms with Crippen LogP contribution >= 0.6 is 0 Å². The molecule has 2 amide bonds. The fourth-order valence-corrected chi connectivity index (χ4v) is 2.12. The van der Waals surface area contributed by atoms with Gasteiger partial charge in [-0.1, -0.05) is 0 Å². The molecule has 9 nitrogen and oxygen atoms in total. The molecule has 1 aliphatic rings. The molecule has 1 fully saturated rings. The molecule has 1 saturated heterocycles. The number of nitrogens with one attached hydrogen (secondary N) is 2. The summed E-state index contributed by atoms with van der Waals surface area (Å²) in [4.78, 5) is 28.2. The van der Waals surface area contributed by atoms with E-state index in [1.54, 1.807) is 14.0 Å². The highest BCUT2D eigenvalue weighted by atomic mass is 16.5. The first-order valence-corrected chi connectivity index (χ1v) is 6.71. The summed E-state index contributed by atoms with van der Waals surface area (Å²) in [6.45, 7) is 2.37. The van der Waals surface area contributed by atoms with Crippen molar-refractivity contribution in [3.63, 3.8) is 0 Å². The Morgan fingerprint density at radius 3 is 2.86 bits per heavy atom. The molecule has 1 aromatic heterocycles. The molecule has 0 radical (unpaired) electrons. The van der Waals surface area contributed by atoms with Crippen LogP contribution in [-0.2, 0) is 16.1 Å². The van der Waals surface area contributed by atoms with E-state index in [4.69, 9.17) is 9.84 Å². The highest BCUT2D eigenvalue weighted by Gasteiger charge is 2.30. The highest BCUT2D eigenvalue weighted by Crippen LogP contribution is 2.19. The lowest BCUT2D eigenvalue weighted by Crippen LogP contribution is -2.41. The number of aryl methyl sites for hydroxylation is 1. The molecule has 2 unspecified atom stereocenters. The van der Waals surface area contributed by atoms with Crippen molar-refractivity contribution in [3.8, 4) is 0 Å². The monoisotopic (exact) mass is 297 g/mol. The molecular formula is C12H19N5O4. The van der Waals surface area contributed by atoms with E-state index in [0.29, 0.717) is 37.6 Å². The normalized spacial score (nSPS) is 21.2. The van der Waals surface area contributed by atoms with E-state index in [1.807, 2.05) is 0 Å². The number of aromatic nitrogens is 3. The third-order valence-electron chi connectivity index (χ3n) is 3.23. The maximum absolute atomic E-state index is 11.9. The number of aromatic amines is 1. The Morgan fingerprint density at radius 2 is 2.29 bits per heavy atom. The van der Waals surface area contributed by atoms with Gasteiger partial charge in [0, 0.05) is 13.6 Å². The molecule has 2 rings (SSSR count). The summed E-state index contributed by atoms with van der Waals surface area (Å²) in [7, 11) is 1.64. The van der Waals surface area contributed by atoms with Gasteiger partial charge in [-0.05, 0) is 19.8 Å². The minimum Gasteiger partial charge on any atom is -0.479 e. The summed E-state index contributed by atoms with van der Waals surface area (Å²) in [5.41, 5.74) is 0. The first kappa shape index (κ1) is 15.2. The van der Waals surface area contributed by atoms with Crippen LogP contribution in [0.4, 0.5) is 4.79 Å². The topological polar surface area (TPSA) is 120 Å². The molecule has 0 bridgehead atoms. The number of hydrogen-bond acceptors (Lipinski definition) is 5. The summed E-state index contributed by atoms with van der Waals surface area (Å²) >= 11 is 0. The number of urea groups is 1. The van der Waals surface area contributed by atoms with Crippen LogP contribution in [0.5, 0.6) is 0 Å². The summed E-state index contributed by atoms with van der Waals surface area (Å²) in [5, 5.41) is 18.2. The lowest BCUT2D eigenvalue weighted by atomic mass is 10.2. The largest absolute Gasteiger partial charge is 0.479 e. The average molecular weight is 297 g/mol. The molecule has 3 N–H and O–H groups in total. The zero-order valence-electron chi connectivity index (χ0n) is 12.0. The number of carbonyl (C=O) groups excluding carboxylic acids is 1. The van der Waals surface area contributed by atoms with E-state index < -0.39 is 12.1 Å². The Labute approximate surface area is 121 Å². The quantitative estimate of drug-likeness (QED) is 0.697. The van der Waals surface area contributed by atoms with Gasteiger partial charge in [0.15, 0.2) is 11.9 Å². The van der Waals surface area contributed by atoms with E-state index in [0.717, 1.165) is 0 Å². The zero-order chi connectivity index (χ0) is 15.4. The summed E-state index contributed by atoms with van der Waals surface area (Å²) in [6.07, 6.45) is 0.0820. The smallest absolute Gasteiger partial charge is 0.332 e. The lowest BCUT2D eigenvalue weighted by Gasteiger charge is -2.18. The van der Waals surface area contributed by atoms with Crippen molar-refractivity contribution in [1.82, 2.24) is 25.4 Å². The van der Waals surface area contributed by atoms with Crippen molar-refractivity contribution in [1.29, 1.82) is 0 Å². The van der Waals surface area contributed by atoms with Gasteiger partial charge >= 0.3 is 12.0 Å². The third kappa shape index (κ3) is 4.15. The molecule has 1 aliphatic heterocycles. The van der Waals surface area contributed by atoms with Crippen molar-refractivity contribution in [2.24, 2.45) is 0 Å². The molecule has 21 heavy (non-hydrogen) atoms. The number of aliphatic carboxylic acids is 1. The van der Waals surface area contributed by atoms with Gasteiger partial charge in [0.25, 0.3) is 0 Å².